The second-order valence-electron chi connectivity index (χ2n) is 8.26. The number of carbonyl (C=O) groups is 2. The molecule has 182 valence electrons. The third-order valence-corrected chi connectivity index (χ3v) is 5.95. The van der Waals surface area contributed by atoms with Gasteiger partial charge in [0.1, 0.15) is 17.3 Å². The van der Waals surface area contributed by atoms with E-state index in [-0.39, 0.29) is 11.3 Å². The van der Waals surface area contributed by atoms with Crippen LogP contribution in [-0.4, -0.2) is 51.5 Å². The third kappa shape index (κ3) is 5.06. The maximum atomic E-state index is 13.2. The zero-order valence-electron chi connectivity index (χ0n) is 19.9. The Balaban J connectivity index is 1.72. The number of benzene rings is 2. The number of nitrogens with zero attached hydrogens (tertiary/aromatic N) is 3. The number of aliphatic hydroxyl groups is 1. The van der Waals surface area contributed by atoms with E-state index < -0.39 is 17.7 Å². The molecular formula is C27H29N3O5. The van der Waals surface area contributed by atoms with Crippen molar-refractivity contribution in [2.75, 3.05) is 20.3 Å². The van der Waals surface area contributed by atoms with Crippen LogP contribution in [0.5, 0.6) is 11.5 Å². The van der Waals surface area contributed by atoms with E-state index in [1.165, 1.54) is 4.90 Å². The van der Waals surface area contributed by atoms with Gasteiger partial charge in [-0.25, -0.2) is 4.98 Å². The minimum Gasteiger partial charge on any atom is -0.507 e. The fourth-order valence-corrected chi connectivity index (χ4v) is 4.25. The van der Waals surface area contributed by atoms with Crippen LogP contribution in [0.15, 0.2) is 72.8 Å². The smallest absolute Gasteiger partial charge is 0.295 e. The Kier molecular flexibility index (Phi) is 7.50. The Hall–Kier alpha value is -4.07. The maximum absolute atomic E-state index is 13.2. The molecule has 0 bridgehead atoms. The molecule has 8 nitrogen and oxygen atoms in total. The van der Waals surface area contributed by atoms with Gasteiger partial charge in [-0.15, -0.1) is 0 Å². The molecule has 1 aliphatic rings. The van der Waals surface area contributed by atoms with Crippen LogP contribution in [-0.2, 0) is 16.1 Å². The molecule has 1 N–H and O–H groups in total. The highest BCUT2D eigenvalue weighted by atomic mass is 16.5. The van der Waals surface area contributed by atoms with E-state index in [0.29, 0.717) is 48.7 Å². The van der Waals surface area contributed by atoms with Gasteiger partial charge in [-0.05, 0) is 43.2 Å². The van der Waals surface area contributed by atoms with E-state index in [2.05, 4.69) is 4.98 Å². The second-order valence-corrected chi connectivity index (χ2v) is 8.26. The van der Waals surface area contributed by atoms with Crippen LogP contribution in [0, 0.1) is 0 Å². The molecule has 8 heteroatoms. The molecule has 1 amide bonds. The largest absolute Gasteiger partial charge is 0.507 e. The molecule has 35 heavy (non-hydrogen) atoms. The molecule has 1 unspecified atom stereocenters. The van der Waals surface area contributed by atoms with Crippen molar-refractivity contribution in [1.29, 1.82) is 0 Å². The highest BCUT2D eigenvalue weighted by Crippen LogP contribution is 2.42. The molecule has 2 heterocycles. The third-order valence-electron chi connectivity index (χ3n) is 5.95. The van der Waals surface area contributed by atoms with E-state index in [4.69, 9.17) is 9.47 Å². The van der Waals surface area contributed by atoms with Crippen LogP contribution in [0.25, 0.3) is 5.76 Å². The first kappa shape index (κ1) is 24.1. The van der Waals surface area contributed by atoms with Gasteiger partial charge in [0.25, 0.3) is 11.7 Å². The zero-order chi connectivity index (χ0) is 24.8. The van der Waals surface area contributed by atoms with Crippen molar-refractivity contribution in [3.63, 3.8) is 0 Å². The number of ketones is 1. The number of rotatable bonds is 10. The molecule has 0 spiro atoms. The van der Waals surface area contributed by atoms with Crippen molar-refractivity contribution >= 4 is 17.4 Å². The van der Waals surface area contributed by atoms with Crippen molar-refractivity contribution in [2.24, 2.45) is 0 Å². The second kappa shape index (κ2) is 10.9. The molecule has 4 rings (SSSR count). The zero-order valence-corrected chi connectivity index (χ0v) is 19.9. The molecule has 3 aromatic rings. The summed E-state index contributed by atoms with van der Waals surface area (Å²) >= 11 is 0. The number of aryl methyl sites for hydroxylation is 1. The number of amides is 1. The number of ether oxygens (including phenoxy) is 2. The number of hydrogen-bond acceptors (Lipinski definition) is 6. The van der Waals surface area contributed by atoms with Crippen molar-refractivity contribution in [2.45, 2.75) is 32.4 Å². The Morgan fingerprint density at radius 1 is 1.09 bits per heavy atom. The average Bonchev–Trinajstić information content (AvgIpc) is 3.49. The van der Waals surface area contributed by atoms with Gasteiger partial charge in [0.05, 0.1) is 31.7 Å². The normalized spacial score (nSPS) is 17.1. The van der Waals surface area contributed by atoms with E-state index in [1.54, 1.807) is 50.0 Å². The first-order valence-electron chi connectivity index (χ1n) is 11.7. The van der Waals surface area contributed by atoms with E-state index in [1.807, 2.05) is 35.9 Å². The summed E-state index contributed by atoms with van der Waals surface area (Å²) in [6.45, 7) is 3.57. The first-order valence-corrected chi connectivity index (χ1v) is 11.7. The lowest BCUT2D eigenvalue weighted by atomic mass is 9.94. The van der Waals surface area contributed by atoms with Crippen LogP contribution in [0.4, 0.5) is 0 Å². The van der Waals surface area contributed by atoms with E-state index in [9.17, 15) is 14.7 Å². The minimum absolute atomic E-state index is 0.0457. The first-order chi connectivity index (χ1) is 17.0. The van der Waals surface area contributed by atoms with E-state index in [0.717, 1.165) is 6.42 Å². The van der Waals surface area contributed by atoms with Crippen molar-refractivity contribution in [3.8, 4) is 11.5 Å². The SMILES string of the molecule is CCCOc1ccc(/C(O)=C2/C(=O)C(=O)N(CCCn3ccnc3)C2c2ccccc2OC)cc1. The summed E-state index contributed by atoms with van der Waals surface area (Å²) in [5, 5.41) is 11.3. The maximum Gasteiger partial charge on any atom is 0.295 e. The van der Waals surface area contributed by atoms with Crippen LogP contribution in [0.2, 0.25) is 0 Å². The molecule has 0 aliphatic carbocycles. The number of imidazole rings is 1. The number of Topliss-reactive ketones (excluding diaryl/α,β-unsaturated/α-hetero) is 1. The fraction of sp³-hybridized carbons (Fsp3) is 0.296. The molecule has 1 saturated heterocycles. The van der Waals surface area contributed by atoms with Crippen LogP contribution in [0.3, 0.4) is 0 Å². The summed E-state index contributed by atoms with van der Waals surface area (Å²) in [4.78, 5) is 31.9. The lowest BCUT2D eigenvalue weighted by molar-refractivity contribution is -0.140. The van der Waals surface area contributed by atoms with E-state index >= 15 is 0 Å². The summed E-state index contributed by atoms with van der Waals surface area (Å²) in [6, 6.07) is 13.3. The molecule has 2 aromatic carbocycles. The molecule has 1 fully saturated rings. The van der Waals surface area contributed by atoms with Gasteiger partial charge in [0.15, 0.2) is 0 Å². The Morgan fingerprint density at radius 3 is 2.54 bits per heavy atom. The topological polar surface area (TPSA) is 93.9 Å². The van der Waals surface area contributed by atoms with Gasteiger partial charge in [0.2, 0.25) is 0 Å². The lowest BCUT2D eigenvalue weighted by Crippen LogP contribution is -2.31. The highest BCUT2D eigenvalue weighted by Gasteiger charge is 2.46. The number of carbonyl (C=O) groups excluding carboxylic acids is 2. The highest BCUT2D eigenvalue weighted by molar-refractivity contribution is 6.46. The minimum atomic E-state index is -0.773. The van der Waals surface area contributed by atoms with Gasteiger partial charge < -0.3 is 24.0 Å². The van der Waals surface area contributed by atoms with Crippen LogP contribution < -0.4 is 9.47 Å². The van der Waals surface area contributed by atoms with Gasteiger partial charge in [-0.3, -0.25) is 9.59 Å². The van der Waals surface area contributed by atoms with Gasteiger partial charge in [-0.2, -0.15) is 0 Å². The molecule has 1 atom stereocenters. The molecule has 0 radical (unpaired) electrons. The molecule has 1 aliphatic heterocycles. The number of para-hydroxylation sites is 1. The number of likely N-dealkylation sites (tertiary alicyclic amines) is 1. The summed E-state index contributed by atoms with van der Waals surface area (Å²) in [5.74, 6) is -0.375. The Morgan fingerprint density at radius 2 is 1.86 bits per heavy atom. The molecule has 0 saturated carbocycles. The summed E-state index contributed by atoms with van der Waals surface area (Å²) < 4.78 is 13.1. The van der Waals surface area contributed by atoms with Crippen molar-refractivity contribution in [3.05, 3.63) is 84.0 Å². The standard InChI is InChI=1S/C27H29N3O5/c1-3-17-35-20-11-9-19(10-12-20)25(31)23-24(21-7-4-5-8-22(21)34-2)30(27(33)26(23)32)15-6-14-29-16-13-28-18-29/h4-5,7-13,16,18,24,31H,3,6,14-15,17H2,1-2H3/b25-23-. The van der Waals surface area contributed by atoms with Crippen LogP contribution in [0.1, 0.15) is 36.9 Å². The summed E-state index contributed by atoms with van der Waals surface area (Å²) in [5.41, 5.74) is 1.12. The van der Waals surface area contributed by atoms with Gasteiger partial charge >= 0.3 is 0 Å². The number of hydrogen-bond donors (Lipinski definition) is 1. The number of aliphatic hydroxyl groups excluding tert-OH is 1. The Labute approximate surface area is 204 Å². The molecular weight excluding hydrogens is 446 g/mol. The van der Waals surface area contributed by atoms with Crippen molar-refractivity contribution in [1.82, 2.24) is 14.5 Å². The van der Waals surface area contributed by atoms with Gasteiger partial charge in [-0.1, -0.05) is 25.1 Å². The van der Waals surface area contributed by atoms with Crippen molar-refractivity contribution < 1.29 is 24.2 Å². The predicted octanol–water partition coefficient (Wildman–Crippen LogP) is 4.19. The van der Waals surface area contributed by atoms with Crippen LogP contribution >= 0.6 is 0 Å². The quantitative estimate of drug-likeness (QED) is 0.268. The lowest BCUT2D eigenvalue weighted by Gasteiger charge is -2.26. The predicted molar refractivity (Wildman–Crippen MR) is 131 cm³/mol. The monoisotopic (exact) mass is 475 g/mol. The summed E-state index contributed by atoms with van der Waals surface area (Å²) in [7, 11) is 1.54. The average molecular weight is 476 g/mol. The fourth-order valence-electron chi connectivity index (χ4n) is 4.25. The number of aromatic nitrogens is 2. The molecule has 1 aromatic heterocycles. The Bertz CT molecular complexity index is 1200. The number of methoxy groups -OCH3 is 1. The summed E-state index contributed by atoms with van der Waals surface area (Å²) in [6.07, 6.45) is 6.74. The van der Waals surface area contributed by atoms with Gasteiger partial charge in [0, 0.05) is 36.6 Å².